The molecule has 1 rings (SSSR count). The minimum atomic E-state index is 0.420. The first-order valence-corrected chi connectivity index (χ1v) is 7.87. The van der Waals surface area contributed by atoms with Gasteiger partial charge in [-0.3, -0.25) is 0 Å². The van der Waals surface area contributed by atoms with Crippen LogP contribution >= 0.6 is 0 Å². The summed E-state index contributed by atoms with van der Waals surface area (Å²) in [4.78, 5) is 0. The maximum atomic E-state index is 6.49. The highest BCUT2D eigenvalue weighted by Crippen LogP contribution is 2.43. The molecule has 0 heterocycles. The fourth-order valence-corrected chi connectivity index (χ4v) is 3.38. The maximum Gasteiger partial charge on any atom is 0.00954 e. The van der Waals surface area contributed by atoms with Crippen molar-refractivity contribution in [2.45, 2.75) is 91.0 Å². The van der Waals surface area contributed by atoms with Gasteiger partial charge in [-0.1, -0.05) is 72.1 Å². The monoisotopic (exact) mass is 239 g/mol. The molecular formula is C16H33N. The van der Waals surface area contributed by atoms with Gasteiger partial charge in [0.05, 0.1) is 0 Å². The second-order valence-corrected chi connectivity index (χ2v) is 6.46. The second kappa shape index (κ2) is 7.41. The number of nitrogens with two attached hydrogens (primary N) is 1. The summed E-state index contributed by atoms with van der Waals surface area (Å²) in [6, 6.07) is 0.430. The molecule has 1 aliphatic rings. The molecule has 2 N–H and O–H groups in total. The number of unbranched alkanes of at least 4 members (excludes halogenated alkanes) is 4. The van der Waals surface area contributed by atoms with E-state index in [4.69, 9.17) is 5.73 Å². The molecule has 0 aromatic heterocycles. The third-order valence-corrected chi connectivity index (χ3v) is 5.19. The largest absolute Gasteiger partial charge is 0.327 e. The molecule has 1 fully saturated rings. The molecule has 3 atom stereocenters. The van der Waals surface area contributed by atoms with Crippen molar-refractivity contribution in [2.24, 2.45) is 17.1 Å². The Morgan fingerprint density at radius 1 is 1.18 bits per heavy atom. The fourth-order valence-electron chi connectivity index (χ4n) is 3.38. The van der Waals surface area contributed by atoms with Gasteiger partial charge in [-0.25, -0.2) is 0 Å². The summed E-state index contributed by atoms with van der Waals surface area (Å²) in [6.45, 7) is 7.13. The molecule has 1 nitrogen and oxygen atoms in total. The van der Waals surface area contributed by atoms with Crippen molar-refractivity contribution < 1.29 is 0 Å². The minimum Gasteiger partial charge on any atom is -0.327 e. The van der Waals surface area contributed by atoms with Crippen molar-refractivity contribution in [3.8, 4) is 0 Å². The molecule has 0 bridgehead atoms. The SMILES string of the molecule is CCCCCCCC(N)C1(C)CCCCC1C. The summed E-state index contributed by atoms with van der Waals surface area (Å²) in [5.41, 5.74) is 6.91. The summed E-state index contributed by atoms with van der Waals surface area (Å²) in [7, 11) is 0. The van der Waals surface area contributed by atoms with Crippen molar-refractivity contribution in [3.05, 3.63) is 0 Å². The lowest BCUT2D eigenvalue weighted by Gasteiger charge is -2.44. The maximum absolute atomic E-state index is 6.49. The van der Waals surface area contributed by atoms with E-state index in [1.807, 2.05) is 0 Å². The first kappa shape index (κ1) is 15.0. The van der Waals surface area contributed by atoms with Crippen LogP contribution in [0.3, 0.4) is 0 Å². The Morgan fingerprint density at radius 2 is 1.88 bits per heavy atom. The highest BCUT2D eigenvalue weighted by Gasteiger charge is 2.38. The van der Waals surface area contributed by atoms with Crippen LogP contribution in [0.2, 0.25) is 0 Å². The number of rotatable bonds is 7. The van der Waals surface area contributed by atoms with Crippen LogP contribution in [0.5, 0.6) is 0 Å². The minimum absolute atomic E-state index is 0.420. The zero-order valence-electron chi connectivity index (χ0n) is 12.3. The van der Waals surface area contributed by atoms with E-state index in [1.165, 1.54) is 64.2 Å². The first-order chi connectivity index (χ1) is 8.11. The van der Waals surface area contributed by atoms with Crippen molar-refractivity contribution in [1.29, 1.82) is 0 Å². The second-order valence-electron chi connectivity index (χ2n) is 6.46. The van der Waals surface area contributed by atoms with E-state index in [9.17, 15) is 0 Å². The van der Waals surface area contributed by atoms with Crippen LogP contribution in [0.4, 0.5) is 0 Å². The zero-order valence-corrected chi connectivity index (χ0v) is 12.3. The molecule has 0 amide bonds. The van der Waals surface area contributed by atoms with Crippen LogP contribution in [0.15, 0.2) is 0 Å². The van der Waals surface area contributed by atoms with Gasteiger partial charge in [0.25, 0.3) is 0 Å². The van der Waals surface area contributed by atoms with Gasteiger partial charge < -0.3 is 5.73 Å². The molecule has 0 aliphatic heterocycles. The molecular weight excluding hydrogens is 206 g/mol. The number of hydrogen-bond acceptors (Lipinski definition) is 1. The summed E-state index contributed by atoms with van der Waals surface area (Å²) >= 11 is 0. The zero-order chi connectivity index (χ0) is 12.7. The van der Waals surface area contributed by atoms with Gasteiger partial charge in [0.1, 0.15) is 0 Å². The van der Waals surface area contributed by atoms with Gasteiger partial charge in [-0.15, -0.1) is 0 Å². The summed E-state index contributed by atoms with van der Waals surface area (Å²) < 4.78 is 0. The third-order valence-electron chi connectivity index (χ3n) is 5.19. The van der Waals surface area contributed by atoms with Gasteiger partial charge >= 0.3 is 0 Å². The average Bonchev–Trinajstić information content (AvgIpc) is 2.32. The Balaban J connectivity index is 2.27. The van der Waals surface area contributed by atoms with Gasteiger partial charge in [0, 0.05) is 6.04 Å². The van der Waals surface area contributed by atoms with Crippen molar-refractivity contribution in [3.63, 3.8) is 0 Å². The van der Waals surface area contributed by atoms with E-state index in [1.54, 1.807) is 0 Å². The summed E-state index contributed by atoms with van der Waals surface area (Å²) in [5, 5.41) is 0. The van der Waals surface area contributed by atoms with Gasteiger partial charge in [0.15, 0.2) is 0 Å². The molecule has 0 radical (unpaired) electrons. The summed E-state index contributed by atoms with van der Waals surface area (Å²) in [6.07, 6.45) is 13.6. The van der Waals surface area contributed by atoms with Gasteiger partial charge in [0.2, 0.25) is 0 Å². The lowest BCUT2D eigenvalue weighted by molar-refractivity contribution is 0.0896. The molecule has 3 unspecified atom stereocenters. The highest BCUT2D eigenvalue weighted by atomic mass is 14.7. The molecule has 1 saturated carbocycles. The van der Waals surface area contributed by atoms with Crippen LogP contribution in [0.1, 0.15) is 85.0 Å². The van der Waals surface area contributed by atoms with Crippen LogP contribution in [0, 0.1) is 11.3 Å². The normalized spacial score (nSPS) is 31.4. The predicted octanol–water partition coefficient (Wildman–Crippen LogP) is 4.89. The standard InChI is InChI=1S/C16H33N/c1-4-5-6-7-8-12-15(17)16(3)13-10-9-11-14(16)2/h14-15H,4-13,17H2,1-3H3. The molecule has 1 heteroatoms. The van der Waals surface area contributed by atoms with Crippen molar-refractivity contribution in [2.75, 3.05) is 0 Å². The van der Waals surface area contributed by atoms with E-state index in [2.05, 4.69) is 20.8 Å². The average molecular weight is 239 g/mol. The third kappa shape index (κ3) is 4.28. The van der Waals surface area contributed by atoms with Crippen LogP contribution < -0.4 is 5.73 Å². The highest BCUT2D eigenvalue weighted by molar-refractivity contribution is 4.91. The van der Waals surface area contributed by atoms with E-state index >= 15 is 0 Å². The smallest absolute Gasteiger partial charge is 0.00954 e. The topological polar surface area (TPSA) is 26.0 Å². The Morgan fingerprint density at radius 3 is 2.53 bits per heavy atom. The number of hydrogen-bond donors (Lipinski definition) is 1. The van der Waals surface area contributed by atoms with Gasteiger partial charge in [-0.2, -0.15) is 0 Å². The van der Waals surface area contributed by atoms with E-state index in [0.29, 0.717) is 11.5 Å². The van der Waals surface area contributed by atoms with Crippen molar-refractivity contribution >= 4 is 0 Å². The molecule has 0 spiro atoms. The van der Waals surface area contributed by atoms with E-state index in [0.717, 1.165) is 5.92 Å². The fraction of sp³-hybridized carbons (Fsp3) is 1.00. The summed E-state index contributed by atoms with van der Waals surface area (Å²) in [5.74, 6) is 0.821. The molecule has 0 saturated heterocycles. The molecule has 102 valence electrons. The lowest BCUT2D eigenvalue weighted by atomic mass is 9.63. The quantitative estimate of drug-likeness (QED) is 0.629. The van der Waals surface area contributed by atoms with Crippen molar-refractivity contribution in [1.82, 2.24) is 0 Å². The van der Waals surface area contributed by atoms with Crippen LogP contribution in [0.25, 0.3) is 0 Å². The van der Waals surface area contributed by atoms with E-state index < -0.39 is 0 Å². The lowest BCUT2D eigenvalue weighted by Crippen LogP contribution is -2.45. The Labute approximate surface area is 109 Å². The predicted molar refractivity (Wildman–Crippen MR) is 77.1 cm³/mol. The van der Waals surface area contributed by atoms with E-state index in [-0.39, 0.29) is 0 Å². The Hall–Kier alpha value is -0.0400. The Kier molecular flexibility index (Phi) is 6.54. The Bertz CT molecular complexity index is 202. The molecule has 1 aliphatic carbocycles. The van der Waals surface area contributed by atoms with Crippen LogP contribution in [-0.4, -0.2) is 6.04 Å². The van der Waals surface area contributed by atoms with Gasteiger partial charge in [-0.05, 0) is 24.2 Å². The van der Waals surface area contributed by atoms with Crippen LogP contribution in [-0.2, 0) is 0 Å². The molecule has 17 heavy (non-hydrogen) atoms. The molecule has 0 aromatic rings. The molecule has 0 aromatic carbocycles. The first-order valence-electron chi connectivity index (χ1n) is 7.87.